The number of hydrogen-bond acceptors (Lipinski definition) is 2. The van der Waals surface area contributed by atoms with Crippen LogP contribution in [0.3, 0.4) is 0 Å². The van der Waals surface area contributed by atoms with Crippen molar-refractivity contribution in [3.05, 3.63) is 57.0 Å². The molecule has 2 rings (SSSR count). The molecule has 0 saturated carbocycles. The number of ether oxygens (including phenoxy) is 1. The summed E-state index contributed by atoms with van der Waals surface area (Å²) in [5.74, 6) is 0.592. The summed E-state index contributed by atoms with van der Waals surface area (Å²) in [6.07, 6.45) is 0.947. The van der Waals surface area contributed by atoms with Crippen LogP contribution < -0.4 is 10.1 Å². The zero-order valence-corrected chi connectivity index (χ0v) is 14.7. The molecule has 0 aliphatic heterocycles. The molecule has 110 valence electrons. The highest BCUT2D eigenvalue weighted by molar-refractivity contribution is 9.11. The Balaban J connectivity index is 2.11. The van der Waals surface area contributed by atoms with Gasteiger partial charge in [-0.1, -0.05) is 44.8 Å². The first-order chi connectivity index (χ1) is 10.1. The van der Waals surface area contributed by atoms with Gasteiger partial charge in [0, 0.05) is 26.3 Å². The molecule has 3 nitrogen and oxygen atoms in total. The summed E-state index contributed by atoms with van der Waals surface area (Å²) in [6, 6.07) is 12.8. The van der Waals surface area contributed by atoms with Gasteiger partial charge in [-0.15, -0.1) is 0 Å². The Morgan fingerprint density at radius 1 is 1.14 bits per heavy atom. The van der Waals surface area contributed by atoms with Crippen molar-refractivity contribution < 1.29 is 9.53 Å². The van der Waals surface area contributed by atoms with Crippen molar-refractivity contribution in [2.45, 2.75) is 13.3 Å². The molecule has 0 aromatic heterocycles. The van der Waals surface area contributed by atoms with E-state index in [0.29, 0.717) is 17.9 Å². The predicted octanol–water partition coefficient (Wildman–Crippen LogP) is 5.25. The molecular formula is C16H15Br2NO2. The van der Waals surface area contributed by atoms with Gasteiger partial charge >= 0.3 is 0 Å². The van der Waals surface area contributed by atoms with E-state index in [2.05, 4.69) is 44.1 Å². The van der Waals surface area contributed by atoms with Crippen LogP contribution in [-0.2, 0) is 0 Å². The molecule has 0 heterocycles. The molecule has 0 saturated heterocycles. The van der Waals surface area contributed by atoms with Crippen LogP contribution >= 0.6 is 31.9 Å². The lowest BCUT2D eigenvalue weighted by Crippen LogP contribution is -2.12. The largest absolute Gasteiger partial charge is 0.494 e. The van der Waals surface area contributed by atoms with Crippen molar-refractivity contribution in [1.29, 1.82) is 0 Å². The fourth-order valence-corrected chi connectivity index (χ4v) is 3.07. The van der Waals surface area contributed by atoms with Gasteiger partial charge in [-0.2, -0.15) is 0 Å². The van der Waals surface area contributed by atoms with Crippen LogP contribution in [0.5, 0.6) is 5.75 Å². The van der Waals surface area contributed by atoms with Crippen LogP contribution in [0.15, 0.2) is 51.4 Å². The second kappa shape index (κ2) is 7.61. The summed E-state index contributed by atoms with van der Waals surface area (Å²) < 4.78 is 7.25. The number of nitrogens with one attached hydrogen (secondary N) is 1. The fraction of sp³-hybridized carbons (Fsp3) is 0.188. The van der Waals surface area contributed by atoms with E-state index in [1.807, 2.05) is 30.3 Å². The van der Waals surface area contributed by atoms with Gasteiger partial charge in [0.05, 0.1) is 6.61 Å². The maximum absolute atomic E-state index is 12.3. The second-order valence-corrected chi connectivity index (χ2v) is 6.32. The Labute approximate surface area is 141 Å². The topological polar surface area (TPSA) is 38.3 Å². The van der Waals surface area contributed by atoms with Crippen LogP contribution in [0.4, 0.5) is 5.69 Å². The van der Waals surface area contributed by atoms with E-state index < -0.39 is 0 Å². The average Bonchev–Trinajstić information content (AvgIpc) is 2.44. The van der Waals surface area contributed by atoms with Crippen molar-refractivity contribution >= 4 is 43.5 Å². The molecule has 0 aliphatic rings. The summed E-state index contributed by atoms with van der Waals surface area (Å²) in [5, 5.41) is 2.87. The zero-order chi connectivity index (χ0) is 15.2. The zero-order valence-electron chi connectivity index (χ0n) is 11.5. The molecule has 0 radical (unpaired) electrons. The number of amides is 1. The Bertz CT molecular complexity index is 624. The van der Waals surface area contributed by atoms with Gasteiger partial charge in [0.2, 0.25) is 0 Å². The van der Waals surface area contributed by atoms with Gasteiger partial charge in [-0.25, -0.2) is 0 Å². The summed E-state index contributed by atoms with van der Waals surface area (Å²) >= 11 is 6.75. The minimum absolute atomic E-state index is 0.162. The first-order valence-corrected chi connectivity index (χ1v) is 8.17. The minimum atomic E-state index is -0.162. The van der Waals surface area contributed by atoms with Gasteiger partial charge < -0.3 is 10.1 Å². The SMILES string of the molecule is CCCOc1cccc(NC(=O)c2cc(Br)cc(Br)c2)c1. The summed E-state index contributed by atoms with van der Waals surface area (Å²) in [6.45, 7) is 2.72. The smallest absolute Gasteiger partial charge is 0.255 e. The van der Waals surface area contributed by atoms with Crippen molar-refractivity contribution in [3.63, 3.8) is 0 Å². The molecule has 0 atom stereocenters. The molecule has 0 aliphatic carbocycles. The van der Waals surface area contributed by atoms with E-state index in [0.717, 1.165) is 21.1 Å². The second-order valence-electron chi connectivity index (χ2n) is 4.49. The molecule has 0 bridgehead atoms. The number of carbonyl (C=O) groups is 1. The Hall–Kier alpha value is -1.33. The predicted molar refractivity (Wildman–Crippen MR) is 92.0 cm³/mol. The Morgan fingerprint density at radius 2 is 1.86 bits per heavy atom. The van der Waals surface area contributed by atoms with Gasteiger partial charge in [0.25, 0.3) is 5.91 Å². The van der Waals surface area contributed by atoms with Gasteiger partial charge in [-0.05, 0) is 36.8 Å². The standard InChI is InChI=1S/C16H15Br2NO2/c1-2-6-21-15-5-3-4-14(10-15)19-16(20)11-7-12(17)9-13(18)8-11/h3-5,7-10H,2,6H2,1H3,(H,19,20). The third kappa shape index (κ3) is 4.86. The molecule has 2 aromatic carbocycles. The average molecular weight is 413 g/mol. The lowest BCUT2D eigenvalue weighted by Gasteiger charge is -2.09. The van der Waals surface area contributed by atoms with Crippen LogP contribution in [0.25, 0.3) is 0 Å². The molecule has 1 N–H and O–H groups in total. The summed E-state index contributed by atoms with van der Waals surface area (Å²) in [4.78, 5) is 12.3. The third-order valence-electron chi connectivity index (χ3n) is 2.69. The van der Waals surface area contributed by atoms with Crippen LogP contribution in [-0.4, -0.2) is 12.5 Å². The normalized spacial score (nSPS) is 10.2. The number of carbonyl (C=O) groups excluding carboxylic acids is 1. The van der Waals surface area contributed by atoms with E-state index >= 15 is 0 Å². The Kier molecular flexibility index (Phi) is 5.82. The number of anilines is 1. The van der Waals surface area contributed by atoms with Crippen molar-refractivity contribution in [2.75, 3.05) is 11.9 Å². The highest BCUT2D eigenvalue weighted by Gasteiger charge is 2.08. The fourth-order valence-electron chi connectivity index (χ4n) is 1.77. The highest BCUT2D eigenvalue weighted by Crippen LogP contribution is 2.22. The molecule has 0 fully saturated rings. The first-order valence-electron chi connectivity index (χ1n) is 6.59. The first kappa shape index (κ1) is 16.0. The number of halogens is 2. The number of benzene rings is 2. The third-order valence-corrected chi connectivity index (χ3v) is 3.61. The molecule has 5 heteroatoms. The summed E-state index contributed by atoms with van der Waals surface area (Å²) in [7, 11) is 0. The van der Waals surface area contributed by atoms with Gasteiger partial charge in [0.1, 0.15) is 5.75 Å². The number of rotatable bonds is 5. The van der Waals surface area contributed by atoms with E-state index in [-0.39, 0.29) is 5.91 Å². The molecule has 1 amide bonds. The maximum Gasteiger partial charge on any atom is 0.255 e. The lowest BCUT2D eigenvalue weighted by atomic mass is 10.2. The van der Waals surface area contributed by atoms with E-state index in [9.17, 15) is 4.79 Å². The Morgan fingerprint density at radius 3 is 2.52 bits per heavy atom. The highest BCUT2D eigenvalue weighted by atomic mass is 79.9. The van der Waals surface area contributed by atoms with E-state index in [1.54, 1.807) is 12.1 Å². The molecular weight excluding hydrogens is 398 g/mol. The minimum Gasteiger partial charge on any atom is -0.494 e. The monoisotopic (exact) mass is 411 g/mol. The van der Waals surface area contributed by atoms with Crippen LogP contribution in [0, 0.1) is 0 Å². The maximum atomic E-state index is 12.3. The van der Waals surface area contributed by atoms with Crippen molar-refractivity contribution in [1.82, 2.24) is 0 Å². The molecule has 0 unspecified atom stereocenters. The quantitative estimate of drug-likeness (QED) is 0.727. The van der Waals surface area contributed by atoms with Crippen LogP contribution in [0.2, 0.25) is 0 Å². The van der Waals surface area contributed by atoms with Gasteiger partial charge in [0.15, 0.2) is 0 Å². The van der Waals surface area contributed by atoms with E-state index in [4.69, 9.17) is 4.74 Å². The van der Waals surface area contributed by atoms with Crippen molar-refractivity contribution in [2.24, 2.45) is 0 Å². The molecule has 0 spiro atoms. The van der Waals surface area contributed by atoms with Crippen LogP contribution in [0.1, 0.15) is 23.7 Å². The van der Waals surface area contributed by atoms with Crippen molar-refractivity contribution in [3.8, 4) is 5.75 Å². The van der Waals surface area contributed by atoms with E-state index in [1.165, 1.54) is 0 Å². The lowest BCUT2D eigenvalue weighted by molar-refractivity contribution is 0.102. The summed E-state index contributed by atoms with van der Waals surface area (Å²) in [5.41, 5.74) is 1.29. The number of hydrogen-bond donors (Lipinski definition) is 1. The molecule has 2 aromatic rings. The molecule has 21 heavy (non-hydrogen) atoms. The van der Waals surface area contributed by atoms with Gasteiger partial charge in [-0.3, -0.25) is 4.79 Å².